The third-order valence-corrected chi connectivity index (χ3v) is 6.13. The summed E-state index contributed by atoms with van der Waals surface area (Å²) in [4.78, 5) is 31.8. The van der Waals surface area contributed by atoms with Crippen LogP contribution in [-0.4, -0.2) is 71.8 Å². The number of amides is 2. The quantitative estimate of drug-likeness (QED) is 0.769. The van der Waals surface area contributed by atoms with Crippen molar-refractivity contribution in [3.05, 3.63) is 0 Å². The zero-order valence-electron chi connectivity index (χ0n) is 16.3. The second-order valence-corrected chi connectivity index (χ2v) is 9.14. The van der Waals surface area contributed by atoms with Gasteiger partial charge in [0.15, 0.2) is 0 Å². The molecule has 0 aliphatic carbocycles. The van der Waals surface area contributed by atoms with E-state index < -0.39 is 0 Å². The zero-order valence-corrected chi connectivity index (χ0v) is 16.3. The smallest absolute Gasteiger partial charge is 0.227 e. The molecule has 2 amide bonds. The maximum absolute atomic E-state index is 12.7. The Bertz CT molecular complexity index is 486. The highest BCUT2D eigenvalue weighted by atomic mass is 16.2. The molecule has 1 atom stereocenters. The number of carbonyl (C=O) groups is 2. The van der Waals surface area contributed by atoms with E-state index in [4.69, 9.17) is 0 Å². The van der Waals surface area contributed by atoms with Gasteiger partial charge < -0.3 is 9.80 Å². The Morgan fingerprint density at radius 1 is 0.800 bits per heavy atom. The fourth-order valence-corrected chi connectivity index (χ4v) is 4.64. The molecule has 0 bridgehead atoms. The molecule has 25 heavy (non-hydrogen) atoms. The summed E-state index contributed by atoms with van der Waals surface area (Å²) in [5.74, 6) is 0.857. The second-order valence-electron chi connectivity index (χ2n) is 9.14. The van der Waals surface area contributed by atoms with E-state index in [2.05, 4.69) is 9.80 Å². The van der Waals surface area contributed by atoms with E-state index in [1.807, 2.05) is 25.7 Å². The monoisotopic (exact) mass is 349 g/mol. The Kier molecular flexibility index (Phi) is 5.71. The normalized spacial score (nSPS) is 26.9. The van der Waals surface area contributed by atoms with Crippen molar-refractivity contribution in [2.45, 2.75) is 65.3 Å². The van der Waals surface area contributed by atoms with Crippen molar-refractivity contribution in [3.63, 3.8) is 0 Å². The van der Waals surface area contributed by atoms with Crippen molar-refractivity contribution in [2.75, 3.05) is 39.3 Å². The minimum Gasteiger partial charge on any atom is -0.342 e. The lowest BCUT2D eigenvalue weighted by Gasteiger charge is -2.43. The molecule has 3 fully saturated rings. The van der Waals surface area contributed by atoms with Crippen LogP contribution in [0.2, 0.25) is 0 Å². The van der Waals surface area contributed by atoms with Crippen LogP contribution < -0.4 is 0 Å². The van der Waals surface area contributed by atoms with Crippen LogP contribution in [0, 0.1) is 11.3 Å². The molecule has 0 unspecified atom stereocenters. The molecule has 3 saturated heterocycles. The summed E-state index contributed by atoms with van der Waals surface area (Å²) in [6.45, 7) is 11.7. The van der Waals surface area contributed by atoms with Crippen molar-refractivity contribution in [2.24, 2.45) is 11.3 Å². The molecule has 142 valence electrons. The summed E-state index contributed by atoms with van der Waals surface area (Å²) in [5, 5.41) is 0. The molecule has 0 saturated carbocycles. The van der Waals surface area contributed by atoms with Gasteiger partial charge in [-0.2, -0.15) is 0 Å². The maximum atomic E-state index is 12.7. The molecule has 0 aromatic carbocycles. The van der Waals surface area contributed by atoms with Gasteiger partial charge in [0.05, 0.1) is 5.92 Å². The minimum atomic E-state index is -0.287. The van der Waals surface area contributed by atoms with Gasteiger partial charge in [-0.1, -0.05) is 20.8 Å². The summed E-state index contributed by atoms with van der Waals surface area (Å²) in [7, 11) is 0. The molecule has 3 rings (SSSR count). The molecule has 3 aliphatic rings. The number of likely N-dealkylation sites (tertiary alicyclic amines) is 3. The van der Waals surface area contributed by atoms with Crippen LogP contribution in [0.5, 0.6) is 0 Å². The fraction of sp³-hybridized carbons (Fsp3) is 0.900. The molecular formula is C20H35N3O2. The summed E-state index contributed by atoms with van der Waals surface area (Å²) in [5.41, 5.74) is -0.287. The Morgan fingerprint density at radius 2 is 1.44 bits per heavy atom. The first-order chi connectivity index (χ1) is 11.9. The van der Waals surface area contributed by atoms with E-state index >= 15 is 0 Å². The van der Waals surface area contributed by atoms with E-state index in [0.29, 0.717) is 11.9 Å². The van der Waals surface area contributed by atoms with Gasteiger partial charge in [-0.15, -0.1) is 0 Å². The van der Waals surface area contributed by atoms with Gasteiger partial charge in [0.1, 0.15) is 0 Å². The number of rotatable bonds is 2. The molecular weight excluding hydrogens is 314 g/mol. The molecule has 5 heteroatoms. The molecule has 0 radical (unpaired) electrons. The van der Waals surface area contributed by atoms with Crippen molar-refractivity contribution >= 4 is 11.8 Å². The van der Waals surface area contributed by atoms with Crippen LogP contribution in [-0.2, 0) is 9.59 Å². The molecule has 0 N–H and O–H groups in total. The van der Waals surface area contributed by atoms with Gasteiger partial charge in [-0.25, -0.2) is 0 Å². The SMILES string of the molecule is CC(C)(C)C(=O)N1CCC(N2CCC[C@H](C(=O)N3CCCC3)C2)CC1. The van der Waals surface area contributed by atoms with Crippen LogP contribution in [0.3, 0.4) is 0 Å². The van der Waals surface area contributed by atoms with Gasteiger partial charge in [0.2, 0.25) is 11.8 Å². The predicted molar refractivity (Wildman–Crippen MR) is 99.2 cm³/mol. The Hall–Kier alpha value is -1.10. The average Bonchev–Trinajstić information content (AvgIpc) is 3.14. The van der Waals surface area contributed by atoms with E-state index in [1.165, 1.54) is 12.8 Å². The third kappa shape index (κ3) is 4.36. The first-order valence-electron chi connectivity index (χ1n) is 10.2. The topological polar surface area (TPSA) is 43.9 Å². The minimum absolute atomic E-state index is 0.195. The zero-order chi connectivity index (χ0) is 18.0. The van der Waals surface area contributed by atoms with Crippen LogP contribution in [0.4, 0.5) is 0 Å². The van der Waals surface area contributed by atoms with Crippen LogP contribution in [0.1, 0.15) is 59.3 Å². The van der Waals surface area contributed by atoms with E-state index in [-0.39, 0.29) is 17.2 Å². The average molecular weight is 350 g/mol. The van der Waals surface area contributed by atoms with E-state index in [9.17, 15) is 9.59 Å². The van der Waals surface area contributed by atoms with Crippen molar-refractivity contribution < 1.29 is 9.59 Å². The summed E-state index contributed by atoms with van der Waals surface area (Å²) >= 11 is 0. The van der Waals surface area contributed by atoms with Crippen molar-refractivity contribution in [1.82, 2.24) is 14.7 Å². The maximum Gasteiger partial charge on any atom is 0.227 e. The molecule has 0 aromatic rings. The molecule has 3 aliphatic heterocycles. The summed E-state index contributed by atoms with van der Waals surface area (Å²) < 4.78 is 0. The number of carbonyl (C=O) groups excluding carboxylic acids is 2. The number of hydrogen-bond acceptors (Lipinski definition) is 3. The summed E-state index contributed by atoms with van der Waals surface area (Å²) in [6, 6.07) is 0.540. The van der Waals surface area contributed by atoms with Gasteiger partial charge in [-0.05, 0) is 45.1 Å². The number of piperidine rings is 2. The fourth-order valence-electron chi connectivity index (χ4n) is 4.64. The van der Waals surface area contributed by atoms with E-state index in [1.54, 1.807) is 0 Å². The largest absolute Gasteiger partial charge is 0.342 e. The van der Waals surface area contributed by atoms with Gasteiger partial charge in [0.25, 0.3) is 0 Å². The lowest BCUT2D eigenvalue weighted by molar-refractivity contribution is -0.141. The van der Waals surface area contributed by atoms with Crippen LogP contribution in [0.25, 0.3) is 0 Å². The van der Waals surface area contributed by atoms with Crippen molar-refractivity contribution in [3.8, 4) is 0 Å². The van der Waals surface area contributed by atoms with Crippen LogP contribution in [0.15, 0.2) is 0 Å². The lowest BCUT2D eigenvalue weighted by Crippen LogP contribution is -2.52. The molecule has 3 heterocycles. The first kappa shape index (κ1) is 18.7. The third-order valence-electron chi connectivity index (χ3n) is 6.13. The number of nitrogens with zero attached hydrogens (tertiary/aromatic N) is 3. The van der Waals surface area contributed by atoms with Gasteiger partial charge >= 0.3 is 0 Å². The Balaban J connectivity index is 1.51. The van der Waals surface area contributed by atoms with Crippen LogP contribution >= 0.6 is 0 Å². The molecule has 5 nitrogen and oxygen atoms in total. The second kappa shape index (κ2) is 7.65. The Labute approximate surface area is 152 Å². The highest BCUT2D eigenvalue weighted by Gasteiger charge is 2.36. The van der Waals surface area contributed by atoms with Gasteiger partial charge in [-0.3, -0.25) is 14.5 Å². The standard InChI is InChI=1S/C20H35N3O2/c1-20(2,3)19(25)22-13-8-17(9-14-22)23-12-6-7-16(15-23)18(24)21-10-4-5-11-21/h16-17H,4-15H2,1-3H3/t16-/m0/s1. The van der Waals surface area contributed by atoms with Crippen molar-refractivity contribution in [1.29, 1.82) is 0 Å². The molecule has 0 aromatic heterocycles. The van der Waals surface area contributed by atoms with Gasteiger partial charge in [0, 0.05) is 44.2 Å². The lowest BCUT2D eigenvalue weighted by atomic mass is 9.91. The highest BCUT2D eigenvalue weighted by Crippen LogP contribution is 2.27. The Morgan fingerprint density at radius 3 is 2.04 bits per heavy atom. The first-order valence-corrected chi connectivity index (χ1v) is 10.2. The molecule has 0 spiro atoms. The van der Waals surface area contributed by atoms with E-state index in [0.717, 1.165) is 65.0 Å². The predicted octanol–water partition coefficient (Wildman–Crippen LogP) is 2.36. The highest BCUT2D eigenvalue weighted by molar-refractivity contribution is 5.81. The summed E-state index contributed by atoms with van der Waals surface area (Å²) in [6.07, 6.45) is 6.61. The number of hydrogen-bond donors (Lipinski definition) is 0.